The van der Waals surface area contributed by atoms with E-state index in [2.05, 4.69) is 10.1 Å². The van der Waals surface area contributed by atoms with Crippen molar-refractivity contribution in [1.29, 1.82) is 0 Å². The quantitative estimate of drug-likeness (QED) is 0.785. The van der Waals surface area contributed by atoms with E-state index < -0.39 is 11.8 Å². The first-order valence-corrected chi connectivity index (χ1v) is 6.22. The summed E-state index contributed by atoms with van der Waals surface area (Å²) in [4.78, 5) is 15.3. The maximum atomic E-state index is 13.9. The average Bonchev–Trinajstić information content (AvgIpc) is 2.87. The Morgan fingerprint density at radius 1 is 1.19 bits per heavy atom. The van der Waals surface area contributed by atoms with Crippen LogP contribution in [0.15, 0.2) is 42.7 Å². The predicted octanol–water partition coefficient (Wildman–Crippen LogP) is 2.67. The molecule has 2 aromatic heterocycles. The number of amides is 1. The van der Waals surface area contributed by atoms with Crippen LogP contribution >= 0.6 is 0 Å². The van der Waals surface area contributed by atoms with Crippen molar-refractivity contribution in [3.63, 3.8) is 0 Å². The zero-order chi connectivity index (χ0) is 14.8. The Bertz CT molecular complexity index is 840. The number of carbonyl (C=O) groups excluding carboxylic acids is 1. The standard InChI is InChI=1S/C15H11FN4O/c16-12-3-1-2-11-13(19-20(14(11)12)15(17)21)5-4-10-6-8-18-9-7-10/h1-9H,(H2,17,21)/b5-4+. The second kappa shape index (κ2) is 5.16. The first-order chi connectivity index (χ1) is 10.2. The van der Waals surface area contributed by atoms with Gasteiger partial charge >= 0.3 is 6.03 Å². The molecule has 3 aromatic rings. The summed E-state index contributed by atoms with van der Waals surface area (Å²) in [6.45, 7) is 0. The van der Waals surface area contributed by atoms with Crippen LogP contribution in [0.5, 0.6) is 0 Å². The average molecular weight is 282 g/mol. The molecule has 0 fully saturated rings. The van der Waals surface area contributed by atoms with Crippen molar-refractivity contribution in [2.24, 2.45) is 5.73 Å². The topological polar surface area (TPSA) is 73.8 Å². The van der Waals surface area contributed by atoms with E-state index in [1.807, 2.05) is 12.1 Å². The van der Waals surface area contributed by atoms with Crippen molar-refractivity contribution in [3.05, 3.63) is 59.8 Å². The van der Waals surface area contributed by atoms with E-state index in [1.54, 1.807) is 36.7 Å². The van der Waals surface area contributed by atoms with Gasteiger partial charge in [0.1, 0.15) is 11.3 Å². The minimum Gasteiger partial charge on any atom is -0.350 e. The van der Waals surface area contributed by atoms with E-state index in [9.17, 15) is 9.18 Å². The van der Waals surface area contributed by atoms with Gasteiger partial charge in [0, 0.05) is 17.8 Å². The fourth-order valence-corrected chi connectivity index (χ4v) is 2.08. The number of primary amides is 1. The SMILES string of the molecule is NC(=O)n1nc(/C=C/c2ccncc2)c2cccc(F)c21. The van der Waals surface area contributed by atoms with Crippen LogP contribution in [0.4, 0.5) is 9.18 Å². The molecule has 0 aliphatic carbocycles. The number of rotatable bonds is 2. The van der Waals surface area contributed by atoms with Gasteiger partial charge in [-0.2, -0.15) is 9.78 Å². The van der Waals surface area contributed by atoms with Gasteiger partial charge in [0.25, 0.3) is 0 Å². The monoisotopic (exact) mass is 282 g/mol. The number of carbonyl (C=O) groups is 1. The molecule has 0 aliphatic heterocycles. The van der Waals surface area contributed by atoms with Crippen LogP contribution in [0.3, 0.4) is 0 Å². The van der Waals surface area contributed by atoms with Crippen LogP contribution < -0.4 is 5.73 Å². The highest BCUT2D eigenvalue weighted by Crippen LogP contribution is 2.22. The summed E-state index contributed by atoms with van der Waals surface area (Å²) in [5, 5.41) is 4.59. The molecule has 0 radical (unpaired) electrons. The molecule has 0 aliphatic rings. The molecule has 0 saturated carbocycles. The molecule has 3 rings (SSSR count). The van der Waals surface area contributed by atoms with Crippen LogP contribution in [-0.4, -0.2) is 20.8 Å². The van der Waals surface area contributed by atoms with E-state index >= 15 is 0 Å². The van der Waals surface area contributed by atoms with Gasteiger partial charge in [-0.05, 0) is 29.8 Å². The number of para-hydroxylation sites is 1. The molecular formula is C15H11FN4O. The van der Waals surface area contributed by atoms with Crippen molar-refractivity contribution in [2.75, 3.05) is 0 Å². The summed E-state index contributed by atoms with van der Waals surface area (Å²) in [5.41, 5.74) is 6.71. The Labute approximate surface area is 119 Å². The lowest BCUT2D eigenvalue weighted by molar-refractivity contribution is 0.248. The predicted molar refractivity (Wildman–Crippen MR) is 77.8 cm³/mol. The van der Waals surface area contributed by atoms with E-state index in [0.29, 0.717) is 11.1 Å². The van der Waals surface area contributed by atoms with Crippen molar-refractivity contribution in [3.8, 4) is 0 Å². The highest BCUT2D eigenvalue weighted by Gasteiger charge is 2.15. The van der Waals surface area contributed by atoms with Gasteiger partial charge in [0.15, 0.2) is 0 Å². The summed E-state index contributed by atoms with van der Waals surface area (Å²) in [6.07, 6.45) is 6.84. The molecule has 0 spiro atoms. The van der Waals surface area contributed by atoms with E-state index in [0.717, 1.165) is 10.2 Å². The lowest BCUT2D eigenvalue weighted by atomic mass is 10.1. The molecule has 2 heterocycles. The van der Waals surface area contributed by atoms with E-state index in [-0.39, 0.29) is 5.52 Å². The van der Waals surface area contributed by atoms with Gasteiger partial charge < -0.3 is 5.73 Å². The number of benzene rings is 1. The second-order valence-corrected chi connectivity index (χ2v) is 4.39. The number of hydrogen-bond donors (Lipinski definition) is 1. The van der Waals surface area contributed by atoms with Gasteiger partial charge in [-0.3, -0.25) is 4.98 Å². The lowest BCUT2D eigenvalue weighted by Gasteiger charge is -1.96. The Kier molecular flexibility index (Phi) is 3.19. The van der Waals surface area contributed by atoms with Crippen LogP contribution in [0.1, 0.15) is 11.3 Å². The summed E-state index contributed by atoms with van der Waals surface area (Å²) < 4.78 is 14.8. The Balaban J connectivity index is 2.13. The first-order valence-electron chi connectivity index (χ1n) is 6.22. The normalized spacial score (nSPS) is 11.3. The largest absolute Gasteiger partial charge is 0.350 e. The van der Waals surface area contributed by atoms with Crippen molar-refractivity contribution in [1.82, 2.24) is 14.8 Å². The van der Waals surface area contributed by atoms with Gasteiger partial charge in [-0.15, -0.1) is 0 Å². The third-order valence-corrected chi connectivity index (χ3v) is 3.03. The zero-order valence-corrected chi connectivity index (χ0v) is 10.9. The van der Waals surface area contributed by atoms with Crippen LogP contribution in [0.2, 0.25) is 0 Å². The van der Waals surface area contributed by atoms with Crippen molar-refractivity contribution < 1.29 is 9.18 Å². The first kappa shape index (κ1) is 13.0. The fraction of sp³-hybridized carbons (Fsp3) is 0. The third kappa shape index (κ3) is 2.38. The van der Waals surface area contributed by atoms with Gasteiger partial charge in [0.2, 0.25) is 0 Å². The zero-order valence-electron chi connectivity index (χ0n) is 10.9. The number of nitrogens with two attached hydrogens (primary N) is 1. The van der Waals surface area contributed by atoms with Gasteiger partial charge in [0.05, 0.1) is 5.69 Å². The fourth-order valence-electron chi connectivity index (χ4n) is 2.08. The molecule has 0 bridgehead atoms. The molecule has 0 saturated heterocycles. The van der Waals surface area contributed by atoms with Gasteiger partial charge in [-0.1, -0.05) is 18.2 Å². The molecule has 5 nitrogen and oxygen atoms in total. The van der Waals surface area contributed by atoms with Crippen molar-refractivity contribution in [2.45, 2.75) is 0 Å². The molecule has 0 atom stereocenters. The maximum absolute atomic E-state index is 13.9. The van der Waals surface area contributed by atoms with Gasteiger partial charge in [-0.25, -0.2) is 9.18 Å². The highest BCUT2D eigenvalue weighted by molar-refractivity contribution is 5.95. The molecule has 2 N–H and O–H groups in total. The van der Waals surface area contributed by atoms with Crippen LogP contribution in [-0.2, 0) is 0 Å². The Hall–Kier alpha value is -3.02. The summed E-state index contributed by atoms with van der Waals surface area (Å²) in [6, 6.07) is 7.34. The molecule has 104 valence electrons. The van der Waals surface area contributed by atoms with Crippen LogP contribution in [0, 0.1) is 5.82 Å². The summed E-state index contributed by atoms with van der Waals surface area (Å²) >= 11 is 0. The molecule has 21 heavy (non-hydrogen) atoms. The minimum atomic E-state index is -0.825. The molecule has 1 amide bonds. The minimum absolute atomic E-state index is 0.0828. The molecule has 0 unspecified atom stereocenters. The molecular weight excluding hydrogens is 271 g/mol. The second-order valence-electron chi connectivity index (χ2n) is 4.39. The number of pyridine rings is 1. The lowest BCUT2D eigenvalue weighted by Crippen LogP contribution is -2.21. The highest BCUT2D eigenvalue weighted by atomic mass is 19.1. The Morgan fingerprint density at radius 3 is 2.67 bits per heavy atom. The smallest absolute Gasteiger partial charge is 0.340 e. The maximum Gasteiger partial charge on any atom is 0.340 e. The number of fused-ring (bicyclic) bond motifs is 1. The summed E-state index contributed by atoms with van der Waals surface area (Å²) in [5.74, 6) is -0.539. The number of nitrogens with zero attached hydrogens (tertiary/aromatic N) is 3. The molecule has 6 heteroatoms. The van der Waals surface area contributed by atoms with Crippen LogP contribution in [0.25, 0.3) is 23.1 Å². The Morgan fingerprint density at radius 2 is 1.95 bits per heavy atom. The number of aromatic nitrogens is 3. The third-order valence-electron chi connectivity index (χ3n) is 3.03. The molecule has 1 aromatic carbocycles. The number of halogens is 1. The van der Waals surface area contributed by atoms with E-state index in [4.69, 9.17) is 5.73 Å². The number of hydrogen-bond acceptors (Lipinski definition) is 3. The van der Waals surface area contributed by atoms with Crippen molar-refractivity contribution >= 4 is 29.1 Å². The van der Waals surface area contributed by atoms with E-state index in [1.165, 1.54) is 6.07 Å². The summed E-state index contributed by atoms with van der Waals surface area (Å²) in [7, 11) is 0.